The highest BCUT2D eigenvalue weighted by molar-refractivity contribution is 7.80. The zero-order valence-electron chi connectivity index (χ0n) is 11.3. The van der Waals surface area contributed by atoms with Crippen LogP contribution in [0.3, 0.4) is 0 Å². The Balaban J connectivity index is 1.68. The molecule has 1 atom stereocenters. The molecule has 2 aromatic carbocycles. The molecule has 0 fully saturated rings. The summed E-state index contributed by atoms with van der Waals surface area (Å²) in [5, 5.41) is 7.38. The lowest BCUT2D eigenvalue weighted by Gasteiger charge is -2.27. The molecule has 0 spiro atoms. The largest absolute Gasteiger partial charge is 0.356 e. The van der Waals surface area contributed by atoms with Crippen LogP contribution in [0.4, 0.5) is 5.69 Å². The van der Waals surface area contributed by atoms with Gasteiger partial charge in [-0.2, -0.15) is 0 Å². The molecule has 1 unspecified atom stereocenters. The third-order valence-electron chi connectivity index (χ3n) is 3.71. The lowest BCUT2D eigenvalue weighted by Crippen LogP contribution is -2.34. The van der Waals surface area contributed by atoms with Gasteiger partial charge in [0, 0.05) is 5.69 Å². The first-order valence-electron chi connectivity index (χ1n) is 7.03. The molecule has 0 bridgehead atoms. The lowest BCUT2D eigenvalue weighted by molar-refractivity contribution is 0.529. The van der Waals surface area contributed by atoms with E-state index in [4.69, 9.17) is 12.2 Å². The predicted octanol–water partition coefficient (Wildman–Crippen LogP) is 4.05. The normalized spacial score (nSPS) is 17.1. The molecule has 2 nitrogen and oxygen atoms in total. The van der Waals surface area contributed by atoms with Crippen LogP contribution in [0.5, 0.6) is 0 Å². The number of aryl methyl sites for hydroxylation is 1. The van der Waals surface area contributed by atoms with Crippen LogP contribution in [0.1, 0.15) is 30.0 Å². The molecule has 0 saturated carbocycles. The molecule has 0 heterocycles. The van der Waals surface area contributed by atoms with Crippen LogP contribution in [0.25, 0.3) is 0 Å². The van der Waals surface area contributed by atoms with Gasteiger partial charge in [0.25, 0.3) is 0 Å². The van der Waals surface area contributed by atoms with Gasteiger partial charge in [0.05, 0.1) is 6.04 Å². The molecular weight excluding hydrogens is 264 g/mol. The van der Waals surface area contributed by atoms with Crippen molar-refractivity contribution in [3.63, 3.8) is 0 Å². The Morgan fingerprint density at radius 1 is 1.00 bits per heavy atom. The summed E-state index contributed by atoms with van der Waals surface area (Å²) in [7, 11) is 0. The second-order valence-electron chi connectivity index (χ2n) is 5.11. The van der Waals surface area contributed by atoms with Crippen molar-refractivity contribution in [2.45, 2.75) is 25.3 Å². The number of nitrogens with one attached hydrogen (secondary N) is 2. The molecule has 0 aromatic heterocycles. The van der Waals surface area contributed by atoms with Gasteiger partial charge < -0.3 is 10.6 Å². The maximum absolute atomic E-state index is 5.42. The molecule has 2 N–H and O–H groups in total. The number of thiocarbonyl (C=S) groups is 1. The third-order valence-corrected chi connectivity index (χ3v) is 3.93. The van der Waals surface area contributed by atoms with Crippen LogP contribution in [0, 0.1) is 0 Å². The Kier molecular flexibility index (Phi) is 3.97. The van der Waals surface area contributed by atoms with E-state index in [1.807, 2.05) is 30.3 Å². The zero-order chi connectivity index (χ0) is 13.8. The lowest BCUT2D eigenvalue weighted by atomic mass is 9.88. The first kappa shape index (κ1) is 13.1. The monoisotopic (exact) mass is 282 g/mol. The smallest absolute Gasteiger partial charge is 0.171 e. The van der Waals surface area contributed by atoms with E-state index < -0.39 is 0 Å². The van der Waals surface area contributed by atoms with Crippen LogP contribution >= 0.6 is 12.2 Å². The molecule has 2 aromatic rings. The molecular formula is C17H18N2S. The van der Waals surface area contributed by atoms with Crippen LogP contribution in [-0.4, -0.2) is 5.11 Å². The number of rotatable bonds is 2. The van der Waals surface area contributed by atoms with Crippen molar-refractivity contribution < 1.29 is 0 Å². The number of para-hydroxylation sites is 1. The fourth-order valence-electron chi connectivity index (χ4n) is 2.75. The number of benzene rings is 2. The second-order valence-corrected chi connectivity index (χ2v) is 5.52. The fourth-order valence-corrected chi connectivity index (χ4v) is 3.01. The van der Waals surface area contributed by atoms with E-state index in [0.29, 0.717) is 11.2 Å². The van der Waals surface area contributed by atoms with Gasteiger partial charge in [0.15, 0.2) is 5.11 Å². The van der Waals surface area contributed by atoms with Crippen LogP contribution in [-0.2, 0) is 6.42 Å². The minimum absolute atomic E-state index is 0.323. The Bertz CT molecular complexity index is 595. The van der Waals surface area contributed by atoms with Crippen LogP contribution in [0.2, 0.25) is 0 Å². The van der Waals surface area contributed by atoms with Gasteiger partial charge in [0.1, 0.15) is 0 Å². The van der Waals surface area contributed by atoms with E-state index >= 15 is 0 Å². The molecule has 3 rings (SSSR count). The topological polar surface area (TPSA) is 24.1 Å². The van der Waals surface area contributed by atoms with E-state index in [2.05, 4.69) is 34.9 Å². The van der Waals surface area contributed by atoms with Crippen LogP contribution < -0.4 is 10.6 Å². The van der Waals surface area contributed by atoms with Gasteiger partial charge in [-0.05, 0) is 54.7 Å². The van der Waals surface area contributed by atoms with Gasteiger partial charge in [-0.25, -0.2) is 0 Å². The fraction of sp³-hybridized carbons (Fsp3) is 0.235. The van der Waals surface area contributed by atoms with Crippen molar-refractivity contribution in [2.24, 2.45) is 0 Å². The summed E-state index contributed by atoms with van der Waals surface area (Å²) in [5.41, 5.74) is 3.85. The molecule has 102 valence electrons. The van der Waals surface area contributed by atoms with Crippen molar-refractivity contribution in [3.05, 3.63) is 65.7 Å². The quantitative estimate of drug-likeness (QED) is 0.813. The van der Waals surface area contributed by atoms with E-state index in [9.17, 15) is 0 Å². The van der Waals surface area contributed by atoms with Crippen molar-refractivity contribution in [1.82, 2.24) is 5.32 Å². The first-order chi connectivity index (χ1) is 9.83. The number of fused-ring (bicyclic) bond motifs is 1. The highest BCUT2D eigenvalue weighted by atomic mass is 32.1. The van der Waals surface area contributed by atoms with Gasteiger partial charge in [-0.1, -0.05) is 42.5 Å². The summed E-state index contributed by atoms with van der Waals surface area (Å²) < 4.78 is 0. The molecule has 1 aliphatic rings. The molecule has 1 aliphatic carbocycles. The Morgan fingerprint density at radius 3 is 2.60 bits per heavy atom. The van der Waals surface area contributed by atoms with Crippen molar-refractivity contribution in [2.75, 3.05) is 5.32 Å². The Morgan fingerprint density at radius 2 is 1.75 bits per heavy atom. The molecule has 3 heteroatoms. The average Bonchev–Trinajstić information content (AvgIpc) is 2.48. The maximum Gasteiger partial charge on any atom is 0.171 e. The molecule has 0 aliphatic heterocycles. The van der Waals surface area contributed by atoms with Crippen molar-refractivity contribution in [1.29, 1.82) is 0 Å². The van der Waals surface area contributed by atoms with Gasteiger partial charge >= 0.3 is 0 Å². The first-order valence-corrected chi connectivity index (χ1v) is 7.44. The van der Waals surface area contributed by atoms with E-state index in [1.165, 1.54) is 24.0 Å². The molecule has 0 radical (unpaired) electrons. The minimum Gasteiger partial charge on any atom is -0.356 e. The van der Waals surface area contributed by atoms with Gasteiger partial charge in [-0.3, -0.25) is 0 Å². The molecule has 20 heavy (non-hydrogen) atoms. The molecule has 0 amide bonds. The summed E-state index contributed by atoms with van der Waals surface area (Å²) in [5.74, 6) is 0. The Labute approximate surface area is 125 Å². The molecule has 0 saturated heterocycles. The highest BCUT2D eigenvalue weighted by Crippen LogP contribution is 2.29. The number of hydrogen-bond acceptors (Lipinski definition) is 1. The summed E-state index contributed by atoms with van der Waals surface area (Å²) in [6.45, 7) is 0. The minimum atomic E-state index is 0.323. The second kappa shape index (κ2) is 6.06. The third kappa shape index (κ3) is 2.99. The Hall–Kier alpha value is -1.87. The summed E-state index contributed by atoms with van der Waals surface area (Å²) >= 11 is 5.42. The predicted molar refractivity (Wildman–Crippen MR) is 87.9 cm³/mol. The van der Waals surface area contributed by atoms with Gasteiger partial charge in [0.2, 0.25) is 0 Å². The summed E-state index contributed by atoms with van der Waals surface area (Å²) in [4.78, 5) is 0. The highest BCUT2D eigenvalue weighted by Gasteiger charge is 2.20. The maximum atomic E-state index is 5.42. The SMILES string of the molecule is S=C(Nc1ccccc1)NC1CCCc2ccccc21. The van der Waals surface area contributed by atoms with Crippen molar-refractivity contribution >= 4 is 23.0 Å². The summed E-state index contributed by atoms with van der Waals surface area (Å²) in [6, 6.07) is 19.0. The van der Waals surface area contributed by atoms with Crippen molar-refractivity contribution in [3.8, 4) is 0 Å². The van der Waals surface area contributed by atoms with Crippen LogP contribution in [0.15, 0.2) is 54.6 Å². The number of hydrogen-bond donors (Lipinski definition) is 2. The van der Waals surface area contributed by atoms with E-state index in [0.717, 1.165) is 12.1 Å². The summed E-state index contributed by atoms with van der Waals surface area (Å²) in [6.07, 6.45) is 3.52. The van der Waals surface area contributed by atoms with E-state index in [1.54, 1.807) is 0 Å². The zero-order valence-corrected chi connectivity index (χ0v) is 12.1. The number of anilines is 1. The van der Waals surface area contributed by atoms with Gasteiger partial charge in [-0.15, -0.1) is 0 Å². The average molecular weight is 282 g/mol. The standard InChI is InChI=1S/C17H18N2S/c20-17(18-14-9-2-1-3-10-14)19-16-12-6-8-13-7-4-5-11-15(13)16/h1-5,7,9-11,16H,6,8,12H2,(H2,18,19,20). The van der Waals surface area contributed by atoms with E-state index in [-0.39, 0.29) is 0 Å².